The van der Waals surface area contributed by atoms with Gasteiger partial charge in [-0.05, 0) is 13.0 Å². The molecule has 0 radical (unpaired) electrons. The summed E-state index contributed by atoms with van der Waals surface area (Å²) in [5.74, 6) is 0. The van der Waals surface area contributed by atoms with Gasteiger partial charge < -0.3 is 0 Å². The molecule has 2 rings (SSSR count). The van der Waals surface area contributed by atoms with Crippen molar-refractivity contribution < 1.29 is 4.90 Å². The second-order valence-corrected chi connectivity index (χ2v) is 4.32. The zero-order chi connectivity index (χ0) is 7.84. The van der Waals surface area contributed by atoms with Gasteiger partial charge in [-0.2, -0.15) is 0 Å². The number of hydrogen-bond acceptors (Lipinski definition) is 1. The third-order valence-corrected chi connectivity index (χ3v) is 3.54. The van der Waals surface area contributed by atoms with Crippen LogP contribution in [0.15, 0.2) is 29.2 Å². The summed E-state index contributed by atoms with van der Waals surface area (Å²) in [6.07, 6.45) is 0. The number of para-hydroxylation sites is 1. The number of hydrogen-bond donors (Lipinski definition) is 1. The number of rotatable bonds is 0. The molecule has 0 spiro atoms. The number of nitrogens with one attached hydrogen (secondary N) is 1. The van der Waals surface area contributed by atoms with E-state index in [-0.39, 0.29) is 0 Å². The molecule has 0 aliphatic carbocycles. The third kappa shape index (κ3) is 1.06. The van der Waals surface area contributed by atoms with E-state index in [4.69, 9.17) is 0 Å². The van der Waals surface area contributed by atoms with Crippen LogP contribution in [0.3, 0.4) is 0 Å². The van der Waals surface area contributed by atoms with Crippen molar-refractivity contribution in [2.24, 2.45) is 0 Å². The second kappa shape index (κ2) is 2.54. The van der Waals surface area contributed by atoms with Crippen molar-refractivity contribution in [1.29, 1.82) is 0 Å². The molecule has 1 aliphatic heterocycles. The summed E-state index contributed by atoms with van der Waals surface area (Å²) in [4.78, 5) is 2.96. The highest BCUT2D eigenvalue weighted by atomic mass is 32.2. The van der Waals surface area contributed by atoms with Crippen LogP contribution in [0.1, 0.15) is 6.92 Å². The molecule has 1 N–H and O–H groups in total. The molecule has 11 heavy (non-hydrogen) atoms. The minimum Gasteiger partial charge on any atom is -0.293 e. The van der Waals surface area contributed by atoms with Crippen LogP contribution in [-0.2, 0) is 0 Å². The van der Waals surface area contributed by atoms with Gasteiger partial charge in [-0.3, -0.25) is 4.90 Å². The molecule has 58 valence electrons. The van der Waals surface area contributed by atoms with Crippen LogP contribution in [0.4, 0.5) is 5.69 Å². The van der Waals surface area contributed by atoms with E-state index < -0.39 is 0 Å². The van der Waals surface area contributed by atoms with Gasteiger partial charge in [0.05, 0.1) is 11.9 Å². The topological polar surface area (TPSA) is 4.44 Å². The maximum absolute atomic E-state index is 2.26. The standard InChI is InChI=1S/C9H11NS/c1-7-10(2)8-5-3-4-6-9(8)11-7/h3-7H,1-2H3/p+1. The highest BCUT2D eigenvalue weighted by molar-refractivity contribution is 8.00. The Morgan fingerprint density at radius 2 is 2.09 bits per heavy atom. The Kier molecular flexibility index (Phi) is 1.66. The molecule has 1 aliphatic rings. The highest BCUT2D eigenvalue weighted by Gasteiger charge is 2.27. The van der Waals surface area contributed by atoms with Gasteiger partial charge in [-0.25, -0.2) is 0 Å². The highest BCUT2D eigenvalue weighted by Crippen LogP contribution is 2.31. The van der Waals surface area contributed by atoms with E-state index in [9.17, 15) is 0 Å². The second-order valence-electron chi connectivity index (χ2n) is 2.94. The summed E-state index contributed by atoms with van der Waals surface area (Å²) in [7, 11) is 2.23. The van der Waals surface area contributed by atoms with Crippen LogP contribution < -0.4 is 4.90 Å². The number of quaternary nitrogens is 1. The number of benzene rings is 1. The summed E-state index contributed by atoms with van der Waals surface area (Å²) in [6.45, 7) is 2.26. The first kappa shape index (κ1) is 7.19. The summed E-state index contributed by atoms with van der Waals surface area (Å²) in [5, 5.41) is 0.674. The van der Waals surface area contributed by atoms with E-state index in [2.05, 4.69) is 38.2 Å². The smallest absolute Gasteiger partial charge is 0.145 e. The van der Waals surface area contributed by atoms with Crippen molar-refractivity contribution >= 4 is 17.4 Å². The fraction of sp³-hybridized carbons (Fsp3) is 0.333. The lowest BCUT2D eigenvalue weighted by Gasteiger charge is -2.09. The molecule has 2 atom stereocenters. The average molecular weight is 166 g/mol. The fourth-order valence-electron chi connectivity index (χ4n) is 1.39. The molecular weight excluding hydrogens is 154 g/mol. The van der Waals surface area contributed by atoms with Gasteiger partial charge in [0.1, 0.15) is 11.1 Å². The van der Waals surface area contributed by atoms with E-state index >= 15 is 0 Å². The monoisotopic (exact) mass is 166 g/mol. The minimum absolute atomic E-state index is 0.674. The molecule has 0 aromatic heterocycles. The summed E-state index contributed by atoms with van der Waals surface area (Å²) >= 11 is 1.96. The van der Waals surface area contributed by atoms with E-state index in [1.165, 1.54) is 15.5 Å². The lowest BCUT2D eigenvalue weighted by molar-refractivity contribution is -0.817. The van der Waals surface area contributed by atoms with Gasteiger partial charge in [0.2, 0.25) is 0 Å². The quantitative estimate of drug-likeness (QED) is 0.608. The zero-order valence-electron chi connectivity index (χ0n) is 6.79. The van der Waals surface area contributed by atoms with Gasteiger partial charge >= 0.3 is 0 Å². The molecular formula is C9H12NS+. The van der Waals surface area contributed by atoms with Crippen molar-refractivity contribution in [3.63, 3.8) is 0 Å². The zero-order valence-corrected chi connectivity index (χ0v) is 7.61. The molecule has 1 aromatic carbocycles. The molecule has 0 saturated carbocycles. The minimum atomic E-state index is 0.674. The van der Waals surface area contributed by atoms with E-state index in [1.807, 2.05) is 11.8 Å². The van der Waals surface area contributed by atoms with Crippen LogP contribution in [0.25, 0.3) is 0 Å². The maximum atomic E-state index is 2.26. The molecule has 1 aromatic rings. The summed E-state index contributed by atoms with van der Waals surface area (Å²) in [6, 6.07) is 8.63. The fourth-order valence-corrected chi connectivity index (χ4v) is 2.59. The largest absolute Gasteiger partial charge is 0.293 e. The van der Waals surface area contributed by atoms with Gasteiger partial charge in [-0.15, -0.1) is 0 Å². The maximum Gasteiger partial charge on any atom is 0.145 e. The van der Waals surface area contributed by atoms with Crippen LogP contribution in [0.5, 0.6) is 0 Å². The van der Waals surface area contributed by atoms with Crippen LogP contribution in [0, 0.1) is 0 Å². The van der Waals surface area contributed by atoms with Crippen molar-refractivity contribution in [3.8, 4) is 0 Å². The van der Waals surface area contributed by atoms with Gasteiger partial charge in [0.15, 0.2) is 0 Å². The first-order valence-electron chi connectivity index (χ1n) is 3.88. The van der Waals surface area contributed by atoms with Crippen LogP contribution in [0.2, 0.25) is 0 Å². The van der Waals surface area contributed by atoms with Gasteiger partial charge in [0.25, 0.3) is 0 Å². The summed E-state index contributed by atoms with van der Waals surface area (Å²) < 4.78 is 0. The molecule has 2 heteroatoms. The average Bonchev–Trinajstić information content (AvgIpc) is 2.30. The van der Waals surface area contributed by atoms with Crippen molar-refractivity contribution in [2.75, 3.05) is 7.05 Å². The molecule has 0 bridgehead atoms. The normalized spacial score (nSPS) is 28.5. The first-order chi connectivity index (χ1) is 5.29. The Morgan fingerprint density at radius 1 is 1.36 bits per heavy atom. The van der Waals surface area contributed by atoms with Gasteiger partial charge in [-0.1, -0.05) is 23.9 Å². The predicted molar refractivity (Wildman–Crippen MR) is 48.3 cm³/mol. The third-order valence-electron chi connectivity index (χ3n) is 2.23. The molecule has 2 unspecified atom stereocenters. The van der Waals surface area contributed by atoms with E-state index in [0.717, 1.165) is 0 Å². The molecule has 0 fully saturated rings. The van der Waals surface area contributed by atoms with Crippen LogP contribution >= 0.6 is 11.8 Å². The predicted octanol–water partition coefficient (Wildman–Crippen LogP) is 1.28. The Hall–Kier alpha value is -0.470. The lowest BCUT2D eigenvalue weighted by atomic mass is 10.3. The summed E-state index contributed by atoms with van der Waals surface area (Å²) in [5.41, 5.74) is 1.45. The number of fused-ring (bicyclic) bond motifs is 1. The molecule has 1 heterocycles. The van der Waals surface area contributed by atoms with Crippen molar-refractivity contribution in [2.45, 2.75) is 17.2 Å². The SMILES string of the molecule is CC1Sc2ccccc2[NH+]1C. The molecule has 0 amide bonds. The van der Waals surface area contributed by atoms with E-state index in [1.54, 1.807) is 0 Å². The Bertz CT molecular complexity index is 272. The van der Waals surface area contributed by atoms with Gasteiger partial charge in [0, 0.05) is 6.07 Å². The lowest BCUT2D eigenvalue weighted by Crippen LogP contribution is -3.05. The molecule has 1 nitrogen and oxygen atoms in total. The van der Waals surface area contributed by atoms with Crippen LogP contribution in [-0.4, -0.2) is 12.4 Å². The van der Waals surface area contributed by atoms with E-state index in [0.29, 0.717) is 5.37 Å². The first-order valence-corrected chi connectivity index (χ1v) is 4.76. The Labute approximate surface area is 71.4 Å². The Balaban J connectivity index is 2.47. The number of thioether (sulfide) groups is 1. The molecule has 0 saturated heterocycles. The van der Waals surface area contributed by atoms with Crippen molar-refractivity contribution in [3.05, 3.63) is 24.3 Å². The van der Waals surface area contributed by atoms with Crippen molar-refractivity contribution in [1.82, 2.24) is 0 Å². The Morgan fingerprint density at radius 3 is 2.82 bits per heavy atom.